The fraction of sp³-hybridized carbons (Fsp3) is 0.368. The van der Waals surface area contributed by atoms with Crippen LogP contribution in [-0.4, -0.2) is 50.9 Å². The van der Waals surface area contributed by atoms with Crippen LogP contribution in [0, 0.1) is 0 Å². The normalized spacial score (nSPS) is 24.2. The van der Waals surface area contributed by atoms with Gasteiger partial charge in [-0.15, -0.1) is 0 Å². The number of aryl methyl sites for hydroxylation is 1. The van der Waals surface area contributed by atoms with Crippen molar-refractivity contribution in [1.82, 2.24) is 14.9 Å². The van der Waals surface area contributed by atoms with Crippen LogP contribution in [-0.2, 0) is 21.4 Å². The first-order chi connectivity index (χ1) is 13.5. The second-order valence-electron chi connectivity index (χ2n) is 6.84. The Morgan fingerprint density at radius 1 is 1.29 bits per heavy atom. The van der Waals surface area contributed by atoms with Gasteiger partial charge in [-0.2, -0.15) is 5.10 Å². The summed E-state index contributed by atoms with van der Waals surface area (Å²) in [5, 5.41) is 18.2. The van der Waals surface area contributed by atoms with Crippen molar-refractivity contribution in [3.63, 3.8) is 0 Å². The Morgan fingerprint density at radius 2 is 2.07 bits per heavy atom. The van der Waals surface area contributed by atoms with Gasteiger partial charge in [-0.3, -0.25) is 9.80 Å². The van der Waals surface area contributed by atoms with Gasteiger partial charge in [-0.1, -0.05) is 18.2 Å². The molecule has 2 aliphatic heterocycles. The minimum Gasteiger partial charge on any atom is -0.480 e. The molecule has 1 unspecified atom stereocenters. The lowest BCUT2D eigenvalue weighted by molar-refractivity contribution is -0.138. The van der Waals surface area contributed by atoms with Gasteiger partial charge in [0.25, 0.3) is 5.91 Å². The number of carboxylic acids is 1. The molecule has 1 saturated heterocycles. The molecule has 4 rings (SSSR count). The zero-order valence-corrected chi connectivity index (χ0v) is 15.4. The molecule has 3 heterocycles. The van der Waals surface area contributed by atoms with Gasteiger partial charge in [0.05, 0.1) is 11.7 Å². The number of benzene rings is 1. The molecule has 1 aromatic carbocycles. The summed E-state index contributed by atoms with van der Waals surface area (Å²) in [4.78, 5) is 28.8. The van der Waals surface area contributed by atoms with Crippen molar-refractivity contribution >= 4 is 23.3 Å². The van der Waals surface area contributed by atoms with Gasteiger partial charge in [0.1, 0.15) is 17.6 Å². The summed E-state index contributed by atoms with van der Waals surface area (Å²) in [6.45, 7) is 0.517. The second kappa shape index (κ2) is 7.43. The summed E-state index contributed by atoms with van der Waals surface area (Å²) >= 11 is 0. The quantitative estimate of drug-likeness (QED) is 0.800. The Morgan fingerprint density at radius 3 is 2.75 bits per heavy atom. The third-order valence-corrected chi connectivity index (χ3v) is 5.00. The van der Waals surface area contributed by atoms with Gasteiger partial charge in [0, 0.05) is 32.5 Å². The summed E-state index contributed by atoms with van der Waals surface area (Å²) in [5.41, 5.74) is 0.828. The summed E-state index contributed by atoms with van der Waals surface area (Å²) in [6, 6.07) is 7.82. The topological polar surface area (TPSA) is 109 Å². The molecule has 28 heavy (non-hydrogen) atoms. The molecule has 0 saturated carbocycles. The summed E-state index contributed by atoms with van der Waals surface area (Å²) in [7, 11) is 1.87. The van der Waals surface area contributed by atoms with Crippen LogP contribution in [0.1, 0.15) is 24.8 Å². The molecule has 3 atom stereocenters. The van der Waals surface area contributed by atoms with E-state index in [0.29, 0.717) is 18.7 Å². The number of carbonyl (C=O) groups excluding carboxylic acids is 1. The summed E-state index contributed by atoms with van der Waals surface area (Å²) < 4.78 is 7.62. The average molecular weight is 383 g/mol. The molecule has 1 aromatic heterocycles. The number of hydrogen-bond acceptors (Lipinski definition) is 6. The standard InChI is InChI=1S/C19H21N5O4/c1-23-9-8-20-17(23)16-13(7-10-28-16)21-18(25)14-11-15(19(26)27)24(22-14)12-5-3-2-4-6-12/h2-6,8-9,13,15-16H,7,10-11H2,1H3,(H,21,25)(H,26,27)/t13-,15?,16-/m0/s1. The smallest absolute Gasteiger partial charge is 0.328 e. The lowest BCUT2D eigenvalue weighted by Gasteiger charge is -2.19. The fourth-order valence-electron chi connectivity index (χ4n) is 3.55. The van der Waals surface area contributed by atoms with Crippen LogP contribution in [0.5, 0.6) is 0 Å². The molecule has 146 valence electrons. The minimum absolute atomic E-state index is 0.0384. The number of carboxylic acid groups (broad SMARTS) is 1. The first-order valence-electron chi connectivity index (χ1n) is 9.09. The van der Waals surface area contributed by atoms with Crippen molar-refractivity contribution in [2.45, 2.75) is 31.0 Å². The van der Waals surface area contributed by atoms with E-state index in [2.05, 4.69) is 15.4 Å². The molecule has 9 heteroatoms. The maximum Gasteiger partial charge on any atom is 0.328 e. The Kier molecular flexibility index (Phi) is 4.82. The number of carbonyl (C=O) groups is 2. The lowest BCUT2D eigenvalue weighted by Crippen LogP contribution is -2.41. The molecule has 2 aromatic rings. The van der Waals surface area contributed by atoms with E-state index >= 15 is 0 Å². The first-order valence-corrected chi connectivity index (χ1v) is 9.09. The molecule has 1 fully saturated rings. The molecular formula is C19H21N5O4. The number of amides is 1. The first kappa shape index (κ1) is 18.2. The zero-order chi connectivity index (χ0) is 19.7. The zero-order valence-electron chi connectivity index (χ0n) is 15.4. The largest absolute Gasteiger partial charge is 0.480 e. The Labute approximate surface area is 161 Å². The summed E-state index contributed by atoms with van der Waals surface area (Å²) in [6.07, 6.45) is 3.86. The number of hydrazone groups is 1. The molecule has 0 aliphatic carbocycles. The van der Waals surface area contributed by atoms with Crippen LogP contribution in [0.3, 0.4) is 0 Å². The highest BCUT2D eigenvalue weighted by molar-refractivity contribution is 6.40. The van der Waals surface area contributed by atoms with Crippen LogP contribution in [0.25, 0.3) is 0 Å². The number of aromatic nitrogens is 2. The van der Waals surface area contributed by atoms with Crippen molar-refractivity contribution in [2.24, 2.45) is 12.1 Å². The minimum atomic E-state index is -1.02. The maximum absolute atomic E-state index is 12.8. The molecular weight excluding hydrogens is 362 g/mol. The van der Waals surface area contributed by atoms with Crippen LogP contribution in [0.15, 0.2) is 47.8 Å². The van der Waals surface area contributed by atoms with E-state index in [1.807, 2.05) is 23.9 Å². The van der Waals surface area contributed by atoms with Crippen LogP contribution in [0.4, 0.5) is 5.69 Å². The maximum atomic E-state index is 12.8. The van der Waals surface area contributed by atoms with E-state index in [4.69, 9.17) is 4.74 Å². The Bertz CT molecular complexity index is 910. The van der Waals surface area contributed by atoms with Crippen LogP contribution in [0.2, 0.25) is 0 Å². The molecule has 1 amide bonds. The highest BCUT2D eigenvalue weighted by atomic mass is 16.5. The molecule has 0 radical (unpaired) electrons. The van der Waals surface area contributed by atoms with Gasteiger partial charge < -0.3 is 19.7 Å². The van der Waals surface area contributed by atoms with Crippen molar-refractivity contribution in [2.75, 3.05) is 11.6 Å². The van der Waals surface area contributed by atoms with E-state index in [1.165, 1.54) is 5.01 Å². The summed E-state index contributed by atoms with van der Waals surface area (Å²) in [5.74, 6) is -0.657. The highest BCUT2D eigenvalue weighted by Gasteiger charge is 2.39. The Hall–Kier alpha value is -3.20. The van der Waals surface area contributed by atoms with Gasteiger partial charge in [0.2, 0.25) is 0 Å². The third-order valence-electron chi connectivity index (χ3n) is 5.00. The molecule has 0 spiro atoms. The average Bonchev–Trinajstić information content (AvgIpc) is 3.41. The highest BCUT2D eigenvalue weighted by Crippen LogP contribution is 2.29. The Balaban J connectivity index is 1.51. The number of ether oxygens (including phenoxy) is 1. The number of imidazole rings is 1. The van der Waals surface area contributed by atoms with Crippen molar-refractivity contribution in [3.8, 4) is 0 Å². The predicted octanol–water partition coefficient (Wildman–Crippen LogP) is 1.09. The lowest BCUT2D eigenvalue weighted by atomic mass is 10.1. The number of aliphatic carboxylic acids is 1. The van der Waals surface area contributed by atoms with Crippen molar-refractivity contribution in [1.29, 1.82) is 0 Å². The number of rotatable bonds is 5. The second-order valence-corrected chi connectivity index (χ2v) is 6.84. The fourth-order valence-corrected chi connectivity index (χ4v) is 3.55. The van der Waals surface area contributed by atoms with E-state index in [-0.39, 0.29) is 30.2 Å². The van der Waals surface area contributed by atoms with Gasteiger partial charge in [0.15, 0.2) is 6.04 Å². The van der Waals surface area contributed by atoms with Crippen LogP contribution < -0.4 is 10.3 Å². The van der Waals surface area contributed by atoms with Crippen molar-refractivity contribution < 1.29 is 19.4 Å². The van der Waals surface area contributed by atoms with Gasteiger partial charge >= 0.3 is 5.97 Å². The predicted molar refractivity (Wildman–Crippen MR) is 101 cm³/mol. The molecule has 2 aliphatic rings. The van der Waals surface area contributed by atoms with Gasteiger partial charge in [-0.05, 0) is 18.6 Å². The molecule has 0 bridgehead atoms. The van der Waals surface area contributed by atoms with E-state index < -0.39 is 12.0 Å². The van der Waals surface area contributed by atoms with E-state index in [1.54, 1.807) is 30.5 Å². The number of para-hydroxylation sites is 1. The van der Waals surface area contributed by atoms with E-state index in [0.717, 1.165) is 5.82 Å². The third kappa shape index (κ3) is 3.36. The number of nitrogens with zero attached hydrogens (tertiary/aromatic N) is 4. The van der Waals surface area contributed by atoms with Gasteiger partial charge in [-0.25, -0.2) is 9.78 Å². The molecule has 9 nitrogen and oxygen atoms in total. The number of hydrogen-bond donors (Lipinski definition) is 2. The number of nitrogens with one attached hydrogen (secondary N) is 1. The van der Waals surface area contributed by atoms with Crippen LogP contribution >= 0.6 is 0 Å². The van der Waals surface area contributed by atoms with Crippen molar-refractivity contribution in [3.05, 3.63) is 48.5 Å². The van der Waals surface area contributed by atoms with E-state index in [9.17, 15) is 14.7 Å². The number of anilines is 1. The molecule has 2 N–H and O–H groups in total. The monoisotopic (exact) mass is 383 g/mol. The SMILES string of the molecule is Cn1ccnc1[C@H]1OCC[C@@H]1NC(=O)C1=NN(c2ccccc2)C(C(=O)O)C1.